The van der Waals surface area contributed by atoms with Crippen LogP contribution >= 0.6 is 11.6 Å². The fourth-order valence-corrected chi connectivity index (χ4v) is 14.7. The van der Waals surface area contributed by atoms with Crippen LogP contribution in [0.1, 0.15) is 161 Å². The lowest BCUT2D eigenvalue weighted by atomic mass is 9.84. The molecule has 12 amide bonds. The minimum absolute atomic E-state index is 0.0123. The van der Waals surface area contributed by atoms with Gasteiger partial charge in [-0.25, -0.2) is 0 Å². The van der Waals surface area contributed by atoms with Gasteiger partial charge in [0.2, 0.25) is 70.9 Å². The van der Waals surface area contributed by atoms with Crippen molar-refractivity contribution in [3.8, 4) is 0 Å². The molecule has 5 aliphatic rings. The van der Waals surface area contributed by atoms with Crippen LogP contribution in [0.3, 0.4) is 0 Å². The largest absolute Gasteiger partial charge is 0.417 e. The van der Waals surface area contributed by atoms with Gasteiger partial charge in [0.25, 0.3) is 0 Å². The van der Waals surface area contributed by atoms with E-state index in [4.69, 9.17) is 16.3 Å². The topological polar surface area (TPSA) is 279 Å². The number of fused-ring (bicyclic) bond motifs is 1. The van der Waals surface area contributed by atoms with Gasteiger partial charge in [0.05, 0.1) is 43.2 Å². The number of hydrogen-bond donors (Lipinski definition) is 3. The van der Waals surface area contributed by atoms with Crippen molar-refractivity contribution in [2.24, 2.45) is 17.8 Å². The van der Waals surface area contributed by atoms with Crippen molar-refractivity contribution in [3.63, 3.8) is 0 Å². The summed E-state index contributed by atoms with van der Waals surface area (Å²) in [7, 11) is 8.99. The van der Waals surface area contributed by atoms with Gasteiger partial charge < -0.3 is 64.8 Å². The predicted molar refractivity (Wildman–Crippen MR) is 364 cm³/mol. The van der Waals surface area contributed by atoms with Crippen LogP contribution in [0.25, 0.3) is 0 Å². The summed E-state index contributed by atoms with van der Waals surface area (Å²) >= 11 is 6.12. The average Bonchev–Trinajstić information content (AvgIpc) is 1.52. The summed E-state index contributed by atoms with van der Waals surface area (Å²) in [6.45, 7) is 2.58. The zero-order valence-corrected chi connectivity index (χ0v) is 61.5. The number of alkyl halides is 6. The lowest BCUT2D eigenvalue weighted by molar-refractivity contribution is -0.181. The molecule has 0 unspecified atom stereocenters. The summed E-state index contributed by atoms with van der Waals surface area (Å²) in [5.74, 6) is -10.6. The SMILES string of the molecule is CC[C@H](C)[C@@H]1NC(=O)[C@H](CC(C)C)N(C)C(=O)C[C@@H](C(=O)N2CCCCC2)N(C)C(=O)[C@H](COCC(F)(F)F)N(C)C(=O)C2(CCCC2)NC(=O)[C@@H]2CCCN2C(=O)[C@H](CCc2ccc(C(F)(F)F)c(Cl)c2)NC(=O)CN(C)C(=O)[C@H](CC2CCCCC2)N(C)C(=O)CN(C)C(=O)CN(C)C1=O. The van der Waals surface area contributed by atoms with Crippen molar-refractivity contribution in [1.82, 2.24) is 60.0 Å². The highest BCUT2D eigenvalue weighted by Gasteiger charge is 2.51. The molecular formula is C70H105ClF6N12O13. The number of rotatable bonds is 13. The molecule has 3 saturated heterocycles. The molecule has 572 valence electrons. The molecule has 1 aromatic rings. The first-order valence-corrected chi connectivity index (χ1v) is 36.0. The zero-order chi connectivity index (χ0) is 75.9. The van der Waals surface area contributed by atoms with Gasteiger partial charge in [0.1, 0.15) is 54.4 Å². The molecule has 25 nitrogen and oxygen atoms in total. The van der Waals surface area contributed by atoms with E-state index in [0.29, 0.717) is 32.1 Å². The van der Waals surface area contributed by atoms with Crippen LogP contribution in [0, 0.1) is 17.8 Å². The molecule has 0 aromatic heterocycles. The Morgan fingerprint density at radius 3 is 1.84 bits per heavy atom. The first-order valence-electron chi connectivity index (χ1n) is 35.6. The Hall–Kier alpha value is -7.31. The van der Waals surface area contributed by atoms with Crippen molar-refractivity contribution in [2.45, 2.75) is 216 Å². The van der Waals surface area contributed by atoms with Crippen LogP contribution in [0.4, 0.5) is 26.3 Å². The Morgan fingerprint density at radius 1 is 0.637 bits per heavy atom. The molecule has 1 aromatic carbocycles. The minimum atomic E-state index is -4.93. The Kier molecular flexibility index (Phi) is 30.3. The predicted octanol–water partition coefficient (Wildman–Crippen LogP) is 5.42. The van der Waals surface area contributed by atoms with Crippen molar-refractivity contribution >= 4 is 82.5 Å². The van der Waals surface area contributed by atoms with Crippen molar-refractivity contribution in [2.75, 3.05) is 102 Å². The average molecular weight is 1470 g/mol. The van der Waals surface area contributed by atoms with Gasteiger partial charge in [-0.3, -0.25) is 57.5 Å². The fraction of sp³-hybridized carbons (Fsp3) is 0.743. The maximum atomic E-state index is 15.4. The molecule has 32 heteroatoms. The number of likely N-dealkylation sites (tertiary alicyclic amines) is 1. The van der Waals surface area contributed by atoms with Gasteiger partial charge in [-0.1, -0.05) is 96.7 Å². The highest BCUT2D eigenvalue weighted by molar-refractivity contribution is 6.31. The number of nitrogens with zero attached hydrogens (tertiary/aromatic N) is 9. The van der Waals surface area contributed by atoms with Crippen molar-refractivity contribution in [3.05, 3.63) is 34.3 Å². The Bertz CT molecular complexity index is 3160. The third-order valence-electron chi connectivity index (χ3n) is 20.9. The molecule has 5 fully saturated rings. The summed E-state index contributed by atoms with van der Waals surface area (Å²) in [5.41, 5.74) is -2.75. The quantitative estimate of drug-likeness (QED) is 0.208. The van der Waals surface area contributed by atoms with E-state index < -0.39 is 187 Å². The summed E-state index contributed by atoms with van der Waals surface area (Å²) in [6, 6.07) is -7.30. The standard InChI is InChI=1S/C70H105ClF6N12O13/c1-12-44(4)59-66(100)83(7)39-57(92)81(5)40-58(93)85(9)52(36-45-22-15-13-16-23-45)63(97)82(6)38-55(90)78-49(28-26-46-25-27-47(48(71)35-46)70(75,76)77)62(96)89-33-21-24-50(89)61(95)80-68(29-17-18-30-68)67(101)87(11)54(41-102-42-69(72,73)74)64(98)86(10)53(65(99)88-31-19-14-20-32-88)37-56(91)84(8)51(34-43(2)3)60(94)79-59/h25,27,35,43-45,49-54,59H,12-24,26,28-34,36-42H2,1-11H3,(H,78,90)(H,79,94)(H,80,95)/t44-,49-,50-,51-,52-,53-,54-,59-/m0/s1. The van der Waals surface area contributed by atoms with E-state index >= 15 is 14.4 Å². The second-order valence-corrected chi connectivity index (χ2v) is 29.4. The Labute approximate surface area is 599 Å². The van der Waals surface area contributed by atoms with Crippen LogP contribution in [0.5, 0.6) is 0 Å². The number of aryl methyl sites for hydroxylation is 1. The Balaban J connectivity index is 1.44. The van der Waals surface area contributed by atoms with Crippen LogP contribution in [-0.2, 0) is 74.9 Å². The smallest absolute Gasteiger partial charge is 0.369 e. The van der Waals surface area contributed by atoms with E-state index in [1.54, 1.807) is 27.7 Å². The zero-order valence-electron chi connectivity index (χ0n) is 60.8. The first kappa shape index (κ1) is 83.6. The molecule has 0 bridgehead atoms. The van der Waals surface area contributed by atoms with Gasteiger partial charge in [0.15, 0.2) is 0 Å². The Morgan fingerprint density at radius 2 is 1.25 bits per heavy atom. The van der Waals surface area contributed by atoms with Crippen LogP contribution in [0.15, 0.2) is 18.2 Å². The molecule has 3 N–H and O–H groups in total. The molecule has 3 aliphatic heterocycles. The minimum Gasteiger partial charge on any atom is -0.369 e. The monoisotopic (exact) mass is 1470 g/mol. The summed E-state index contributed by atoms with van der Waals surface area (Å²) < 4.78 is 88.5. The van der Waals surface area contributed by atoms with E-state index in [0.717, 1.165) is 100 Å². The number of carbonyl (C=O) groups excluding carboxylic acids is 12. The first-order chi connectivity index (χ1) is 47.8. The van der Waals surface area contributed by atoms with Gasteiger partial charge in [-0.2, -0.15) is 26.3 Å². The molecular weight excluding hydrogens is 1370 g/mol. The molecule has 1 spiro atoms. The van der Waals surface area contributed by atoms with E-state index in [1.165, 1.54) is 49.9 Å². The molecule has 3 heterocycles. The highest BCUT2D eigenvalue weighted by Crippen LogP contribution is 2.37. The molecule has 102 heavy (non-hydrogen) atoms. The summed E-state index contributed by atoms with van der Waals surface area (Å²) in [4.78, 5) is 188. The number of halogens is 7. The van der Waals surface area contributed by atoms with Crippen LogP contribution in [0.2, 0.25) is 5.02 Å². The fourth-order valence-electron chi connectivity index (χ4n) is 14.4. The number of carbonyl (C=O) groups is 12. The molecule has 6 rings (SSSR count). The lowest BCUT2D eigenvalue weighted by Gasteiger charge is -2.40. The third kappa shape index (κ3) is 22.1. The van der Waals surface area contributed by atoms with E-state index in [2.05, 4.69) is 16.0 Å². The second kappa shape index (κ2) is 36.9. The van der Waals surface area contributed by atoms with E-state index in [9.17, 15) is 69.5 Å². The van der Waals surface area contributed by atoms with Gasteiger partial charge >= 0.3 is 12.4 Å². The number of piperidine rings is 1. The summed E-state index contributed by atoms with van der Waals surface area (Å²) in [6.07, 6.45) is -3.65. The maximum Gasteiger partial charge on any atom is 0.417 e. The number of amides is 12. The lowest BCUT2D eigenvalue weighted by Crippen LogP contribution is -2.65. The van der Waals surface area contributed by atoms with E-state index in [1.807, 2.05) is 0 Å². The molecule has 8 atom stereocenters. The van der Waals surface area contributed by atoms with E-state index in [-0.39, 0.29) is 88.4 Å². The van der Waals surface area contributed by atoms with Crippen LogP contribution in [-0.4, -0.2) is 271 Å². The number of nitrogens with one attached hydrogen (secondary N) is 3. The molecule has 2 saturated carbocycles. The number of benzene rings is 1. The van der Waals surface area contributed by atoms with Gasteiger partial charge in [-0.15, -0.1) is 0 Å². The van der Waals surface area contributed by atoms with Gasteiger partial charge in [0, 0.05) is 69.0 Å². The molecule has 2 aliphatic carbocycles. The van der Waals surface area contributed by atoms with Crippen molar-refractivity contribution in [1.29, 1.82) is 0 Å². The normalized spacial score (nSPS) is 25.7. The highest BCUT2D eigenvalue weighted by atomic mass is 35.5. The van der Waals surface area contributed by atoms with Crippen LogP contribution < -0.4 is 16.0 Å². The van der Waals surface area contributed by atoms with Gasteiger partial charge in [-0.05, 0) is 106 Å². The molecule has 0 radical (unpaired) electrons. The third-order valence-corrected chi connectivity index (χ3v) is 21.2. The van der Waals surface area contributed by atoms with Crippen molar-refractivity contribution < 1.29 is 88.6 Å². The second-order valence-electron chi connectivity index (χ2n) is 29.0. The number of likely N-dealkylation sites (N-methyl/N-ethyl adjacent to an activating group) is 7. The maximum absolute atomic E-state index is 15.4. The number of hydrogen-bond acceptors (Lipinski definition) is 13. The number of ether oxygens (including phenoxy) is 1. The summed E-state index contributed by atoms with van der Waals surface area (Å²) in [5, 5.41) is 7.71.